The van der Waals surface area contributed by atoms with Crippen molar-refractivity contribution in [2.45, 2.75) is 45.1 Å². The highest BCUT2D eigenvalue weighted by atomic mass is 79.9. The maximum atomic E-state index is 11.8. The summed E-state index contributed by atoms with van der Waals surface area (Å²) < 4.78 is 11.5. The van der Waals surface area contributed by atoms with E-state index >= 15 is 0 Å². The molecule has 1 N–H and O–H groups in total. The Morgan fingerprint density at radius 2 is 1.91 bits per heavy atom. The number of carbonyl (C=O) groups is 1. The van der Waals surface area contributed by atoms with Gasteiger partial charge in [-0.25, -0.2) is 4.79 Å². The van der Waals surface area contributed by atoms with Crippen molar-refractivity contribution in [3.8, 4) is 0 Å². The number of nitrogens with one attached hydrogen (secondary N) is 1. The average Bonchev–Trinajstić information content (AvgIpc) is 2.42. The molecule has 1 atom stereocenters. The van der Waals surface area contributed by atoms with Crippen LogP contribution >= 0.6 is 15.9 Å². The van der Waals surface area contributed by atoms with Gasteiger partial charge < -0.3 is 14.8 Å². The number of methoxy groups -OCH3 is 1. The lowest BCUT2D eigenvalue weighted by molar-refractivity contribution is 0.0523. The number of carbonyl (C=O) groups excluding carboxylic acids is 1. The van der Waals surface area contributed by atoms with Crippen molar-refractivity contribution >= 4 is 22.0 Å². The quantitative estimate of drug-likeness (QED) is 0.718. The monoisotopic (exact) mass is 371 g/mol. The van der Waals surface area contributed by atoms with Crippen molar-refractivity contribution in [2.75, 3.05) is 20.3 Å². The summed E-state index contributed by atoms with van der Waals surface area (Å²) in [4.78, 5) is 11.8. The molecule has 4 nitrogen and oxygen atoms in total. The summed E-state index contributed by atoms with van der Waals surface area (Å²) in [5, 5.41) is 2.87. The van der Waals surface area contributed by atoms with Gasteiger partial charge in [-0.1, -0.05) is 28.1 Å². The number of halogens is 1. The topological polar surface area (TPSA) is 47.6 Å². The first-order valence-corrected chi connectivity index (χ1v) is 8.32. The van der Waals surface area contributed by atoms with Gasteiger partial charge >= 0.3 is 6.09 Å². The first-order chi connectivity index (χ1) is 10.3. The summed E-state index contributed by atoms with van der Waals surface area (Å²) >= 11 is 3.44. The first kappa shape index (κ1) is 19.0. The molecule has 1 aromatic carbocycles. The Kier molecular flexibility index (Phi) is 7.90. The number of alkyl carbamates (subject to hydrolysis) is 1. The lowest BCUT2D eigenvalue weighted by Gasteiger charge is -2.22. The van der Waals surface area contributed by atoms with E-state index in [4.69, 9.17) is 9.47 Å². The van der Waals surface area contributed by atoms with Gasteiger partial charge in [0.2, 0.25) is 0 Å². The molecule has 124 valence electrons. The Morgan fingerprint density at radius 1 is 1.27 bits per heavy atom. The van der Waals surface area contributed by atoms with E-state index in [-0.39, 0.29) is 12.0 Å². The molecule has 0 aliphatic rings. The van der Waals surface area contributed by atoms with Gasteiger partial charge in [0.1, 0.15) is 5.60 Å². The lowest BCUT2D eigenvalue weighted by Crippen LogP contribution is -2.34. The van der Waals surface area contributed by atoms with Gasteiger partial charge in [0, 0.05) is 30.7 Å². The van der Waals surface area contributed by atoms with Crippen molar-refractivity contribution in [2.24, 2.45) is 0 Å². The van der Waals surface area contributed by atoms with Crippen LogP contribution < -0.4 is 5.32 Å². The number of benzene rings is 1. The fourth-order valence-electron chi connectivity index (χ4n) is 2.12. The molecule has 0 aliphatic heterocycles. The number of rotatable bonds is 7. The van der Waals surface area contributed by atoms with Gasteiger partial charge in [-0.3, -0.25) is 0 Å². The Morgan fingerprint density at radius 3 is 2.45 bits per heavy atom. The second-order valence-electron chi connectivity index (χ2n) is 6.27. The number of hydrogen-bond donors (Lipinski definition) is 1. The summed E-state index contributed by atoms with van der Waals surface area (Å²) in [6, 6.07) is 8.20. The molecule has 0 aromatic heterocycles. The average molecular weight is 372 g/mol. The molecule has 0 bridgehead atoms. The standard InChI is InChI=1S/C17H26BrNO3/c1-17(2,3)22-16(20)19-12-14(6-5-11-21-4)13-7-9-15(18)10-8-13/h7-10,14H,5-6,11-12H2,1-4H3,(H,19,20)/t14-/m1/s1. The zero-order valence-electron chi connectivity index (χ0n) is 13.8. The van der Waals surface area contributed by atoms with Crippen LogP contribution in [0.15, 0.2) is 28.7 Å². The third-order valence-electron chi connectivity index (χ3n) is 3.13. The molecule has 0 heterocycles. The van der Waals surface area contributed by atoms with E-state index in [1.165, 1.54) is 5.56 Å². The van der Waals surface area contributed by atoms with Gasteiger partial charge in [-0.2, -0.15) is 0 Å². The van der Waals surface area contributed by atoms with Crippen LogP contribution in [0.5, 0.6) is 0 Å². The third kappa shape index (κ3) is 7.80. The van der Waals surface area contributed by atoms with E-state index in [0.717, 1.165) is 23.9 Å². The fraction of sp³-hybridized carbons (Fsp3) is 0.588. The molecule has 0 aliphatic carbocycles. The second-order valence-corrected chi connectivity index (χ2v) is 7.18. The van der Waals surface area contributed by atoms with Crippen molar-refractivity contribution in [3.05, 3.63) is 34.3 Å². The van der Waals surface area contributed by atoms with Crippen molar-refractivity contribution < 1.29 is 14.3 Å². The predicted octanol–water partition coefficient (Wildman–Crippen LogP) is 4.48. The van der Waals surface area contributed by atoms with E-state index in [9.17, 15) is 4.79 Å². The highest BCUT2D eigenvalue weighted by Gasteiger charge is 2.18. The third-order valence-corrected chi connectivity index (χ3v) is 3.66. The molecule has 1 rings (SSSR count). The summed E-state index contributed by atoms with van der Waals surface area (Å²) in [6.07, 6.45) is 1.53. The van der Waals surface area contributed by atoms with Gasteiger partial charge in [0.15, 0.2) is 0 Å². The minimum atomic E-state index is -0.479. The van der Waals surface area contributed by atoms with Gasteiger partial charge in [-0.05, 0) is 51.3 Å². The Balaban J connectivity index is 2.62. The van der Waals surface area contributed by atoms with Crippen molar-refractivity contribution in [1.82, 2.24) is 5.32 Å². The molecule has 22 heavy (non-hydrogen) atoms. The molecule has 0 radical (unpaired) electrons. The molecular weight excluding hydrogens is 346 g/mol. The molecule has 0 unspecified atom stereocenters. The SMILES string of the molecule is COCCC[C@H](CNC(=O)OC(C)(C)C)c1ccc(Br)cc1. The summed E-state index contributed by atoms with van der Waals surface area (Å²) in [6.45, 7) is 6.85. The molecule has 1 aromatic rings. The minimum Gasteiger partial charge on any atom is -0.444 e. The zero-order valence-corrected chi connectivity index (χ0v) is 15.4. The highest BCUT2D eigenvalue weighted by molar-refractivity contribution is 9.10. The van der Waals surface area contributed by atoms with Crippen LogP contribution in [0.4, 0.5) is 4.79 Å². The minimum absolute atomic E-state index is 0.246. The molecule has 5 heteroatoms. The van der Waals surface area contributed by atoms with E-state index in [1.807, 2.05) is 32.9 Å². The fourth-order valence-corrected chi connectivity index (χ4v) is 2.38. The van der Waals surface area contributed by atoms with Crippen LogP contribution in [0, 0.1) is 0 Å². The largest absolute Gasteiger partial charge is 0.444 e. The number of hydrogen-bond acceptors (Lipinski definition) is 3. The molecule has 0 saturated heterocycles. The summed E-state index contributed by atoms with van der Waals surface area (Å²) in [5.41, 5.74) is 0.725. The van der Waals surface area contributed by atoms with Crippen LogP contribution in [0.25, 0.3) is 0 Å². The van der Waals surface area contributed by atoms with Crippen LogP contribution in [0.3, 0.4) is 0 Å². The molecular formula is C17H26BrNO3. The zero-order chi connectivity index (χ0) is 16.6. The van der Waals surface area contributed by atoms with E-state index in [0.29, 0.717) is 6.54 Å². The molecule has 0 spiro atoms. The maximum absolute atomic E-state index is 11.8. The van der Waals surface area contributed by atoms with Crippen LogP contribution in [0.1, 0.15) is 45.1 Å². The molecule has 0 fully saturated rings. The first-order valence-electron chi connectivity index (χ1n) is 7.53. The van der Waals surface area contributed by atoms with Crippen LogP contribution in [0.2, 0.25) is 0 Å². The normalized spacial score (nSPS) is 12.8. The van der Waals surface area contributed by atoms with Crippen LogP contribution in [-0.4, -0.2) is 32.0 Å². The maximum Gasteiger partial charge on any atom is 0.407 e. The van der Waals surface area contributed by atoms with E-state index in [2.05, 4.69) is 33.4 Å². The van der Waals surface area contributed by atoms with E-state index in [1.54, 1.807) is 7.11 Å². The molecule has 0 saturated carbocycles. The smallest absolute Gasteiger partial charge is 0.407 e. The van der Waals surface area contributed by atoms with Gasteiger partial charge in [-0.15, -0.1) is 0 Å². The summed E-state index contributed by atoms with van der Waals surface area (Å²) in [7, 11) is 1.70. The molecule has 1 amide bonds. The highest BCUT2D eigenvalue weighted by Crippen LogP contribution is 2.23. The Hall–Kier alpha value is -1.07. The van der Waals surface area contributed by atoms with Crippen molar-refractivity contribution in [3.63, 3.8) is 0 Å². The number of amides is 1. The number of ether oxygens (including phenoxy) is 2. The summed E-state index contributed by atoms with van der Waals surface area (Å²) in [5.74, 6) is 0.246. The van der Waals surface area contributed by atoms with Crippen molar-refractivity contribution in [1.29, 1.82) is 0 Å². The Bertz CT molecular complexity index is 454. The van der Waals surface area contributed by atoms with Crippen LogP contribution in [-0.2, 0) is 9.47 Å². The predicted molar refractivity (Wildman–Crippen MR) is 92.2 cm³/mol. The van der Waals surface area contributed by atoms with Gasteiger partial charge in [0.25, 0.3) is 0 Å². The van der Waals surface area contributed by atoms with Gasteiger partial charge in [0.05, 0.1) is 0 Å². The second kappa shape index (κ2) is 9.16. The lowest BCUT2D eigenvalue weighted by atomic mass is 9.94. The van der Waals surface area contributed by atoms with E-state index < -0.39 is 5.60 Å². The Labute approximate surface area is 141 Å².